The molecule has 0 amide bonds. The Hall–Kier alpha value is -3.66. The van der Waals surface area contributed by atoms with E-state index in [0.29, 0.717) is 5.58 Å². The maximum atomic E-state index is 6.21. The van der Waals surface area contributed by atoms with E-state index in [1.165, 1.54) is 22.3 Å². The molecule has 140 valence electrons. The van der Waals surface area contributed by atoms with E-state index in [9.17, 15) is 0 Å². The van der Waals surface area contributed by atoms with Gasteiger partial charge in [-0.1, -0.05) is 68.4 Å². The van der Waals surface area contributed by atoms with E-state index in [1.807, 2.05) is 24.3 Å². The summed E-state index contributed by atoms with van der Waals surface area (Å²) in [6.45, 7) is 4.54. The Morgan fingerprint density at radius 1 is 0.793 bits per heavy atom. The summed E-state index contributed by atoms with van der Waals surface area (Å²) < 4.78 is 6.21. The predicted octanol–water partition coefficient (Wildman–Crippen LogP) is 5.93. The average Bonchev–Trinajstić information content (AvgIpc) is 3.21. The van der Waals surface area contributed by atoms with E-state index in [0.717, 1.165) is 27.7 Å². The third-order valence-corrected chi connectivity index (χ3v) is 6.10. The second-order valence-electron chi connectivity index (χ2n) is 8.11. The summed E-state index contributed by atoms with van der Waals surface area (Å²) in [5, 5.41) is 0.950. The van der Waals surface area contributed by atoms with Gasteiger partial charge in [-0.3, -0.25) is 0 Å². The molecular formula is C25H19N3O. The molecule has 4 nitrogen and oxygen atoms in total. The van der Waals surface area contributed by atoms with Crippen molar-refractivity contribution >= 4 is 28.0 Å². The molecule has 3 aromatic carbocycles. The van der Waals surface area contributed by atoms with Gasteiger partial charge in [0.25, 0.3) is 0 Å². The number of anilines is 1. The maximum absolute atomic E-state index is 6.21. The molecule has 5 aromatic rings. The molecule has 0 unspecified atom stereocenters. The summed E-state index contributed by atoms with van der Waals surface area (Å²) in [4.78, 5) is 9.13. The van der Waals surface area contributed by atoms with Crippen molar-refractivity contribution in [1.29, 1.82) is 0 Å². The largest absolute Gasteiger partial charge is 0.452 e. The molecule has 2 N–H and O–H groups in total. The average molecular weight is 377 g/mol. The Labute approximate surface area is 168 Å². The van der Waals surface area contributed by atoms with Crippen LogP contribution in [0.15, 0.2) is 71.1 Å². The van der Waals surface area contributed by atoms with Gasteiger partial charge in [0, 0.05) is 16.4 Å². The van der Waals surface area contributed by atoms with Gasteiger partial charge < -0.3 is 10.2 Å². The predicted molar refractivity (Wildman–Crippen MR) is 117 cm³/mol. The molecule has 0 radical (unpaired) electrons. The summed E-state index contributed by atoms with van der Waals surface area (Å²) in [6, 6.07) is 22.9. The van der Waals surface area contributed by atoms with Crippen LogP contribution in [0.3, 0.4) is 0 Å². The highest BCUT2D eigenvalue weighted by Crippen LogP contribution is 2.52. The summed E-state index contributed by atoms with van der Waals surface area (Å²) in [7, 11) is 0. The fourth-order valence-electron chi connectivity index (χ4n) is 4.74. The molecule has 0 atom stereocenters. The van der Waals surface area contributed by atoms with E-state index >= 15 is 0 Å². The molecule has 0 fully saturated rings. The van der Waals surface area contributed by atoms with Gasteiger partial charge in [0.2, 0.25) is 5.95 Å². The van der Waals surface area contributed by atoms with Gasteiger partial charge in [-0.2, -0.15) is 0 Å². The van der Waals surface area contributed by atoms with Crippen molar-refractivity contribution in [3.8, 4) is 22.4 Å². The van der Waals surface area contributed by atoms with Crippen molar-refractivity contribution in [2.75, 3.05) is 5.73 Å². The van der Waals surface area contributed by atoms with Crippen LogP contribution in [0.2, 0.25) is 0 Å². The van der Waals surface area contributed by atoms with Crippen molar-refractivity contribution in [2.24, 2.45) is 0 Å². The molecule has 29 heavy (non-hydrogen) atoms. The number of benzene rings is 3. The van der Waals surface area contributed by atoms with Crippen LogP contribution < -0.4 is 5.73 Å². The zero-order valence-electron chi connectivity index (χ0n) is 16.2. The Balaban J connectivity index is 1.75. The quantitative estimate of drug-likeness (QED) is 0.393. The van der Waals surface area contributed by atoms with Crippen LogP contribution in [0, 0.1) is 0 Å². The number of para-hydroxylation sites is 1. The molecule has 6 rings (SSSR count). The molecule has 2 heterocycles. The minimum atomic E-state index is -0.0759. The number of nitrogens with two attached hydrogens (primary N) is 1. The number of hydrogen-bond donors (Lipinski definition) is 1. The smallest absolute Gasteiger partial charge is 0.221 e. The first-order valence-corrected chi connectivity index (χ1v) is 9.74. The summed E-state index contributed by atoms with van der Waals surface area (Å²) in [5.41, 5.74) is 15.1. The zero-order valence-corrected chi connectivity index (χ0v) is 16.2. The van der Waals surface area contributed by atoms with Gasteiger partial charge >= 0.3 is 0 Å². The van der Waals surface area contributed by atoms with Crippen LogP contribution in [0.4, 0.5) is 5.95 Å². The Morgan fingerprint density at radius 2 is 1.52 bits per heavy atom. The monoisotopic (exact) mass is 377 g/mol. The van der Waals surface area contributed by atoms with Gasteiger partial charge in [0.15, 0.2) is 5.58 Å². The van der Waals surface area contributed by atoms with Crippen molar-refractivity contribution < 1.29 is 4.42 Å². The standard InChI is InChI=1S/C25H19N3O/c1-25(2)17-11-5-3-8-14(17)20-16(10-7-12-18(20)25)22-23-21(27-24(26)28-22)15-9-4-6-13-19(15)29-23/h3-13H,1-2H3,(H2,26,27,28). The Morgan fingerprint density at radius 3 is 2.41 bits per heavy atom. The molecule has 4 heteroatoms. The molecule has 1 aliphatic rings. The van der Waals surface area contributed by atoms with Gasteiger partial charge in [-0.15, -0.1) is 0 Å². The zero-order chi connectivity index (χ0) is 19.8. The highest BCUT2D eigenvalue weighted by Gasteiger charge is 2.37. The van der Waals surface area contributed by atoms with E-state index in [-0.39, 0.29) is 11.4 Å². The summed E-state index contributed by atoms with van der Waals surface area (Å²) in [5.74, 6) is 0.252. The second-order valence-corrected chi connectivity index (χ2v) is 8.11. The third-order valence-electron chi connectivity index (χ3n) is 6.10. The van der Waals surface area contributed by atoms with Crippen LogP contribution in [0.1, 0.15) is 25.0 Å². The molecule has 0 saturated heterocycles. The maximum Gasteiger partial charge on any atom is 0.221 e. The van der Waals surface area contributed by atoms with Crippen molar-refractivity contribution in [3.63, 3.8) is 0 Å². The molecular weight excluding hydrogens is 358 g/mol. The van der Waals surface area contributed by atoms with Gasteiger partial charge in [0.1, 0.15) is 16.8 Å². The molecule has 0 saturated carbocycles. The summed E-state index contributed by atoms with van der Waals surface area (Å²) >= 11 is 0. The van der Waals surface area contributed by atoms with Gasteiger partial charge in [-0.05, 0) is 34.4 Å². The molecule has 0 aliphatic heterocycles. The van der Waals surface area contributed by atoms with Crippen LogP contribution in [-0.2, 0) is 5.41 Å². The molecule has 0 bridgehead atoms. The first kappa shape index (κ1) is 16.3. The lowest BCUT2D eigenvalue weighted by atomic mass is 9.82. The topological polar surface area (TPSA) is 64.9 Å². The van der Waals surface area contributed by atoms with Crippen molar-refractivity contribution in [2.45, 2.75) is 19.3 Å². The first-order valence-electron chi connectivity index (χ1n) is 9.74. The van der Waals surface area contributed by atoms with E-state index < -0.39 is 0 Å². The van der Waals surface area contributed by atoms with Crippen molar-refractivity contribution in [3.05, 3.63) is 77.9 Å². The first-order chi connectivity index (χ1) is 14.1. The molecule has 0 spiro atoms. The number of aromatic nitrogens is 2. The Kier molecular flexibility index (Phi) is 3.06. The number of nitrogen functional groups attached to an aromatic ring is 1. The highest BCUT2D eigenvalue weighted by atomic mass is 16.3. The minimum absolute atomic E-state index is 0.0759. The van der Waals surface area contributed by atoms with Crippen molar-refractivity contribution in [1.82, 2.24) is 9.97 Å². The minimum Gasteiger partial charge on any atom is -0.452 e. The lowest BCUT2D eigenvalue weighted by Crippen LogP contribution is -2.14. The fourth-order valence-corrected chi connectivity index (χ4v) is 4.74. The normalized spacial score (nSPS) is 14.3. The van der Waals surface area contributed by atoms with Gasteiger partial charge in [0.05, 0.1) is 0 Å². The Bertz CT molecular complexity index is 1450. The van der Waals surface area contributed by atoms with Crippen LogP contribution >= 0.6 is 0 Å². The van der Waals surface area contributed by atoms with E-state index in [1.54, 1.807) is 0 Å². The fraction of sp³-hybridized carbons (Fsp3) is 0.120. The third kappa shape index (κ3) is 2.08. The lowest BCUT2D eigenvalue weighted by Gasteiger charge is -2.21. The molecule has 1 aliphatic carbocycles. The number of furan rings is 1. The van der Waals surface area contributed by atoms with Crippen LogP contribution in [0.25, 0.3) is 44.5 Å². The van der Waals surface area contributed by atoms with E-state index in [2.05, 4.69) is 66.3 Å². The molecule has 2 aromatic heterocycles. The number of rotatable bonds is 1. The van der Waals surface area contributed by atoms with Crippen LogP contribution in [0.5, 0.6) is 0 Å². The highest BCUT2D eigenvalue weighted by molar-refractivity contribution is 6.08. The van der Waals surface area contributed by atoms with E-state index in [4.69, 9.17) is 10.2 Å². The van der Waals surface area contributed by atoms with Crippen LogP contribution in [-0.4, -0.2) is 9.97 Å². The number of nitrogens with zero attached hydrogens (tertiary/aromatic N) is 2. The number of fused-ring (bicyclic) bond motifs is 6. The second kappa shape index (κ2) is 5.45. The number of hydrogen-bond acceptors (Lipinski definition) is 4. The summed E-state index contributed by atoms with van der Waals surface area (Å²) in [6.07, 6.45) is 0. The lowest BCUT2D eigenvalue weighted by molar-refractivity contribution is 0.660. The SMILES string of the molecule is CC1(C)c2ccccc2-c2c(-c3nc(N)nc4c3oc3ccccc34)cccc21. The van der Waals surface area contributed by atoms with Gasteiger partial charge in [-0.25, -0.2) is 9.97 Å².